The molecule has 0 heterocycles. The highest BCUT2D eigenvalue weighted by Gasteiger charge is 2.20. The fraction of sp³-hybridized carbons (Fsp3) is 0.143. The lowest BCUT2D eigenvalue weighted by atomic mass is 10.2. The molecule has 0 saturated heterocycles. The molecule has 6 nitrogen and oxygen atoms in total. The van der Waals surface area contributed by atoms with E-state index < -0.39 is 14.9 Å². The maximum absolute atomic E-state index is 12.4. The number of anilines is 1. The van der Waals surface area contributed by atoms with Crippen molar-refractivity contribution < 1.29 is 13.3 Å². The molecule has 8 heteroatoms. The SMILES string of the molecule is CCc1ccccc1S(=O)(=O)Nc1ccc(Cl)c([N+](=O)[O-])c1. The summed E-state index contributed by atoms with van der Waals surface area (Å²) in [7, 11) is -3.83. The molecule has 0 aromatic heterocycles. The molecule has 0 aliphatic rings. The molecule has 0 unspecified atom stereocenters. The second kappa shape index (κ2) is 6.33. The summed E-state index contributed by atoms with van der Waals surface area (Å²) in [5.41, 5.74) is 0.395. The van der Waals surface area contributed by atoms with Crippen LogP contribution in [0.3, 0.4) is 0 Å². The fourth-order valence-corrected chi connectivity index (χ4v) is 3.53. The number of sulfonamides is 1. The van der Waals surface area contributed by atoms with E-state index in [0.717, 1.165) is 6.07 Å². The molecule has 1 N–H and O–H groups in total. The van der Waals surface area contributed by atoms with Crippen molar-refractivity contribution in [3.63, 3.8) is 0 Å². The lowest BCUT2D eigenvalue weighted by molar-refractivity contribution is -0.384. The Morgan fingerprint density at radius 2 is 1.91 bits per heavy atom. The monoisotopic (exact) mass is 340 g/mol. The van der Waals surface area contributed by atoms with Crippen LogP contribution in [0.15, 0.2) is 47.4 Å². The number of nitrogens with zero attached hydrogens (tertiary/aromatic N) is 1. The number of nitrogens with one attached hydrogen (secondary N) is 1. The molecule has 2 aromatic carbocycles. The average molecular weight is 341 g/mol. The zero-order chi connectivity index (χ0) is 16.3. The van der Waals surface area contributed by atoms with Crippen molar-refractivity contribution >= 4 is 33.0 Å². The van der Waals surface area contributed by atoms with E-state index in [1.807, 2.05) is 6.92 Å². The van der Waals surface area contributed by atoms with Gasteiger partial charge in [-0.2, -0.15) is 0 Å². The van der Waals surface area contributed by atoms with Crippen LogP contribution < -0.4 is 4.72 Å². The van der Waals surface area contributed by atoms with Gasteiger partial charge in [0, 0.05) is 6.07 Å². The normalized spacial score (nSPS) is 11.2. The summed E-state index contributed by atoms with van der Waals surface area (Å²) < 4.78 is 27.2. The van der Waals surface area contributed by atoms with Gasteiger partial charge in [0.15, 0.2) is 0 Å². The van der Waals surface area contributed by atoms with Crippen LogP contribution in [0, 0.1) is 10.1 Å². The first-order chi connectivity index (χ1) is 10.3. The van der Waals surface area contributed by atoms with E-state index in [1.54, 1.807) is 18.2 Å². The van der Waals surface area contributed by atoms with Gasteiger partial charge >= 0.3 is 0 Å². The number of rotatable bonds is 5. The molecule has 0 fully saturated rings. The van der Waals surface area contributed by atoms with Crippen LogP contribution in [0.5, 0.6) is 0 Å². The lowest BCUT2D eigenvalue weighted by Crippen LogP contribution is -2.15. The van der Waals surface area contributed by atoms with Gasteiger partial charge in [0.05, 0.1) is 15.5 Å². The third-order valence-electron chi connectivity index (χ3n) is 3.04. The van der Waals surface area contributed by atoms with Gasteiger partial charge in [0.2, 0.25) is 0 Å². The first-order valence-corrected chi connectivity index (χ1v) is 8.26. The van der Waals surface area contributed by atoms with Gasteiger partial charge in [-0.1, -0.05) is 36.7 Å². The van der Waals surface area contributed by atoms with Crippen molar-refractivity contribution in [2.75, 3.05) is 4.72 Å². The second-order valence-corrected chi connectivity index (χ2v) is 6.55. The number of benzene rings is 2. The zero-order valence-corrected chi connectivity index (χ0v) is 13.2. The van der Waals surface area contributed by atoms with Crippen molar-refractivity contribution in [2.45, 2.75) is 18.2 Å². The van der Waals surface area contributed by atoms with E-state index in [0.29, 0.717) is 12.0 Å². The number of hydrogen-bond acceptors (Lipinski definition) is 4. The summed E-state index contributed by atoms with van der Waals surface area (Å²) in [5, 5.41) is 10.8. The Labute approximate surface area is 132 Å². The Morgan fingerprint density at radius 1 is 1.23 bits per heavy atom. The number of aryl methyl sites for hydroxylation is 1. The average Bonchev–Trinajstić information content (AvgIpc) is 2.48. The summed E-state index contributed by atoms with van der Waals surface area (Å²) in [5.74, 6) is 0. The Kier molecular flexibility index (Phi) is 4.68. The molecule has 0 saturated carbocycles. The maximum atomic E-state index is 12.4. The van der Waals surface area contributed by atoms with Gasteiger partial charge in [-0.05, 0) is 30.2 Å². The smallest absolute Gasteiger partial charge is 0.279 e. The molecule has 0 aliphatic heterocycles. The molecule has 2 rings (SSSR count). The van der Waals surface area contributed by atoms with E-state index in [1.165, 1.54) is 18.2 Å². The zero-order valence-electron chi connectivity index (χ0n) is 11.6. The number of nitro benzene ring substituents is 1. The van der Waals surface area contributed by atoms with Gasteiger partial charge in [0.1, 0.15) is 5.02 Å². The Morgan fingerprint density at radius 3 is 2.55 bits per heavy atom. The summed E-state index contributed by atoms with van der Waals surface area (Å²) in [4.78, 5) is 10.3. The van der Waals surface area contributed by atoms with Crippen molar-refractivity contribution in [2.24, 2.45) is 0 Å². The minimum atomic E-state index is -3.83. The van der Waals surface area contributed by atoms with E-state index in [2.05, 4.69) is 4.72 Å². The standard InChI is InChI=1S/C14H13ClN2O4S/c1-2-10-5-3-4-6-14(10)22(20,21)16-11-7-8-12(15)13(9-11)17(18)19/h3-9,16H,2H2,1H3. The molecule has 0 bridgehead atoms. The molecule has 2 aromatic rings. The lowest BCUT2D eigenvalue weighted by Gasteiger charge is -2.11. The first-order valence-electron chi connectivity index (χ1n) is 6.40. The minimum absolute atomic E-state index is 0.0538. The van der Waals surface area contributed by atoms with Gasteiger partial charge in [-0.15, -0.1) is 0 Å². The minimum Gasteiger partial charge on any atom is -0.279 e. The van der Waals surface area contributed by atoms with E-state index in [9.17, 15) is 18.5 Å². The van der Waals surface area contributed by atoms with Crippen LogP contribution in [-0.2, 0) is 16.4 Å². The molecule has 22 heavy (non-hydrogen) atoms. The van der Waals surface area contributed by atoms with Crippen LogP contribution in [0.4, 0.5) is 11.4 Å². The highest BCUT2D eigenvalue weighted by Crippen LogP contribution is 2.29. The topological polar surface area (TPSA) is 89.3 Å². The van der Waals surface area contributed by atoms with Crippen LogP contribution in [0.2, 0.25) is 5.02 Å². The summed E-state index contributed by atoms with van der Waals surface area (Å²) in [6.45, 7) is 1.85. The highest BCUT2D eigenvalue weighted by molar-refractivity contribution is 7.92. The van der Waals surface area contributed by atoms with Crippen LogP contribution in [0.25, 0.3) is 0 Å². The molecule has 116 valence electrons. The molecule has 0 aliphatic carbocycles. The van der Waals surface area contributed by atoms with Gasteiger partial charge < -0.3 is 0 Å². The predicted molar refractivity (Wildman–Crippen MR) is 84.7 cm³/mol. The Hall–Kier alpha value is -2.12. The molecule has 0 atom stereocenters. The van der Waals surface area contributed by atoms with Gasteiger partial charge in [-0.3, -0.25) is 14.8 Å². The van der Waals surface area contributed by atoms with Gasteiger partial charge in [-0.25, -0.2) is 8.42 Å². The first kappa shape index (κ1) is 16.3. The van der Waals surface area contributed by atoms with Crippen LogP contribution in [-0.4, -0.2) is 13.3 Å². The predicted octanol–water partition coefficient (Wildman–Crippen LogP) is 3.61. The van der Waals surface area contributed by atoms with Crippen LogP contribution >= 0.6 is 11.6 Å². The summed E-state index contributed by atoms with van der Waals surface area (Å²) in [6, 6.07) is 10.3. The number of hydrogen-bond donors (Lipinski definition) is 1. The molecule has 0 spiro atoms. The third kappa shape index (κ3) is 3.37. The van der Waals surface area contributed by atoms with Crippen molar-refractivity contribution in [3.05, 3.63) is 63.2 Å². The van der Waals surface area contributed by atoms with E-state index in [4.69, 9.17) is 11.6 Å². The molecule has 0 amide bonds. The fourth-order valence-electron chi connectivity index (χ4n) is 1.98. The summed E-state index contributed by atoms with van der Waals surface area (Å²) >= 11 is 5.71. The Bertz CT molecular complexity index is 821. The van der Waals surface area contributed by atoms with Crippen molar-refractivity contribution in [1.29, 1.82) is 0 Å². The van der Waals surface area contributed by atoms with E-state index in [-0.39, 0.29) is 21.3 Å². The second-order valence-electron chi connectivity index (χ2n) is 4.49. The van der Waals surface area contributed by atoms with E-state index >= 15 is 0 Å². The Balaban J connectivity index is 2.41. The van der Waals surface area contributed by atoms with Crippen molar-refractivity contribution in [3.8, 4) is 0 Å². The largest absolute Gasteiger partial charge is 0.289 e. The third-order valence-corrected chi connectivity index (χ3v) is 4.84. The maximum Gasteiger partial charge on any atom is 0.289 e. The quantitative estimate of drug-likeness (QED) is 0.665. The van der Waals surface area contributed by atoms with Gasteiger partial charge in [0.25, 0.3) is 15.7 Å². The van der Waals surface area contributed by atoms with Crippen molar-refractivity contribution in [1.82, 2.24) is 0 Å². The molecule has 0 radical (unpaired) electrons. The highest BCUT2D eigenvalue weighted by atomic mass is 35.5. The molecular weight excluding hydrogens is 328 g/mol. The van der Waals surface area contributed by atoms with Crippen LogP contribution in [0.1, 0.15) is 12.5 Å². The molecular formula is C14H13ClN2O4S. The number of nitro groups is 1. The summed E-state index contributed by atoms with van der Waals surface area (Å²) in [6.07, 6.45) is 0.553. The number of halogens is 1.